The second-order valence-electron chi connectivity index (χ2n) is 11.4. The molecule has 4 aromatic heterocycles. The Morgan fingerprint density at radius 3 is 1.82 bits per heavy atom. The number of hydrogen-bond donors (Lipinski definition) is 5. The molecule has 0 spiro atoms. The molecular weight excluding hydrogens is 644 g/mol. The number of rotatable bonds is 9. The van der Waals surface area contributed by atoms with Gasteiger partial charge in [-0.2, -0.15) is 9.97 Å². The zero-order chi connectivity index (χ0) is 35.0. The van der Waals surface area contributed by atoms with Crippen molar-refractivity contribution in [3.8, 4) is 0 Å². The third-order valence-corrected chi connectivity index (χ3v) is 7.30. The highest BCUT2D eigenvalue weighted by Crippen LogP contribution is 2.30. The molecule has 20 heteroatoms. The second kappa shape index (κ2) is 17.9. The van der Waals surface area contributed by atoms with Crippen LogP contribution in [0, 0.1) is 0 Å². The van der Waals surface area contributed by atoms with E-state index in [1.165, 1.54) is 12.7 Å². The first-order valence-corrected chi connectivity index (χ1v) is 15.1. The SMILES string of the molecule is C.CN(C)C=Nc1nc2c(ncn2[C@H]2CC[C@@H](CO)O2)c(=O)[nH]1.COC(OC)N(C)C.Nc1nc2c(ncn2[C@H]2CC[C@@H](CO)O2)c(=O)[nH]1. The molecule has 2 aliphatic rings. The van der Waals surface area contributed by atoms with Crippen LogP contribution in [0.3, 0.4) is 0 Å². The number of fused-ring (bicyclic) bond motifs is 2. The third-order valence-electron chi connectivity index (χ3n) is 7.30. The standard InChI is InChI=1S/C13H18N6O3.C10H13N5O3.C5H13NO2.CH4/c1-18(2)6-15-13-16-11-10(12(21)17-13)14-7-19(11)9-4-3-8(5-20)22-9;11-10-13-8-7(9(17)14-10)12-4-15(8)6-2-1-5(3-16)18-6;1-6(2)5(7-3)8-4;/h6-9,20H,3-5H2,1-2H3,(H,16,17,21);4-6,16H,1-3H2,(H3,11,13,14,17);5H,1-4H3;1H4/t8-,9+;5-,6+;;/m00../s1. The van der Waals surface area contributed by atoms with Crippen molar-refractivity contribution >= 4 is 40.6 Å². The number of aliphatic imine (C=N–C) groups is 1. The maximum absolute atomic E-state index is 12.1. The van der Waals surface area contributed by atoms with Gasteiger partial charge in [0.2, 0.25) is 18.3 Å². The molecule has 272 valence electrons. The number of ether oxygens (including phenoxy) is 4. The number of imidazole rings is 2. The van der Waals surface area contributed by atoms with Gasteiger partial charge in [0.05, 0.1) is 44.4 Å². The summed E-state index contributed by atoms with van der Waals surface area (Å²) in [5.74, 6) is 0.260. The van der Waals surface area contributed by atoms with E-state index in [1.807, 2.05) is 33.1 Å². The van der Waals surface area contributed by atoms with Crippen molar-refractivity contribution in [1.82, 2.24) is 48.8 Å². The Morgan fingerprint density at radius 2 is 1.41 bits per heavy atom. The predicted molar refractivity (Wildman–Crippen MR) is 181 cm³/mol. The Balaban J connectivity index is 0.000000217. The lowest BCUT2D eigenvalue weighted by Gasteiger charge is -2.19. The third kappa shape index (κ3) is 9.65. The first-order valence-electron chi connectivity index (χ1n) is 15.1. The molecule has 0 bridgehead atoms. The molecule has 4 atom stereocenters. The fourth-order valence-corrected chi connectivity index (χ4v) is 5.08. The quantitative estimate of drug-likeness (QED) is 0.0889. The van der Waals surface area contributed by atoms with E-state index in [2.05, 4.69) is 34.9 Å². The number of nitrogen functional groups attached to an aromatic ring is 1. The van der Waals surface area contributed by atoms with Crippen LogP contribution < -0.4 is 16.9 Å². The van der Waals surface area contributed by atoms with Crippen molar-refractivity contribution in [1.29, 1.82) is 0 Å². The summed E-state index contributed by atoms with van der Waals surface area (Å²) in [4.78, 5) is 52.9. The summed E-state index contributed by atoms with van der Waals surface area (Å²) in [5, 5.41) is 18.2. The zero-order valence-electron chi connectivity index (χ0n) is 27.8. The average Bonchev–Trinajstić information content (AvgIpc) is 3.86. The van der Waals surface area contributed by atoms with Crippen LogP contribution in [0.1, 0.15) is 45.6 Å². The molecule has 0 aromatic carbocycles. The summed E-state index contributed by atoms with van der Waals surface area (Å²) in [6.45, 7) is -0.0329. The lowest BCUT2D eigenvalue weighted by atomic mass is 10.2. The number of H-pyrrole nitrogens is 2. The normalized spacial score (nSPS) is 20.4. The number of aliphatic hydroxyl groups is 2. The molecule has 0 saturated carbocycles. The van der Waals surface area contributed by atoms with Gasteiger partial charge in [0.1, 0.15) is 12.5 Å². The van der Waals surface area contributed by atoms with Crippen molar-refractivity contribution in [2.24, 2.45) is 4.99 Å². The van der Waals surface area contributed by atoms with Crippen molar-refractivity contribution in [3.05, 3.63) is 33.4 Å². The first-order chi connectivity index (χ1) is 23.0. The average molecular weight is 693 g/mol. The van der Waals surface area contributed by atoms with E-state index in [0.29, 0.717) is 11.3 Å². The van der Waals surface area contributed by atoms with Crippen LogP contribution >= 0.6 is 0 Å². The van der Waals surface area contributed by atoms with Gasteiger partial charge in [-0.3, -0.25) is 33.6 Å². The Bertz CT molecular complexity index is 1760. The van der Waals surface area contributed by atoms with Gasteiger partial charge in [-0.1, -0.05) is 7.43 Å². The topological polar surface area (TPSA) is 249 Å². The van der Waals surface area contributed by atoms with Gasteiger partial charge in [0.25, 0.3) is 11.1 Å². The number of nitrogens with two attached hydrogens (primary N) is 1. The molecule has 0 amide bonds. The summed E-state index contributed by atoms with van der Waals surface area (Å²) >= 11 is 0. The highest BCUT2D eigenvalue weighted by atomic mass is 16.7. The Kier molecular flexibility index (Phi) is 14.3. The Hall–Kier alpha value is -4.31. The van der Waals surface area contributed by atoms with Crippen LogP contribution in [-0.4, -0.2) is 140 Å². The lowest BCUT2D eigenvalue weighted by Crippen LogP contribution is -2.30. The highest BCUT2D eigenvalue weighted by Gasteiger charge is 2.29. The molecule has 0 aliphatic carbocycles. The summed E-state index contributed by atoms with van der Waals surface area (Å²) in [5.41, 5.74) is 6.13. The molecule has 2 saturated heterocycles. The largest absolute Gasteiger partial charge is 0.394 e. The van der Waals surface area contributed by atoms with Crippen molar-refractivity contribution in [3.63, 3.8) is 0 Å². The lowest BCUT2D eigenvalue weighted by molar-refractivity contribution is -0.179. The van der Waals surface area contributed by atoms with Gasteiger partial charge >= 0.3 is 0 Å². The van der Waals surface area contributed by atoms with E-state index < -0.39 is 0 Å². The number of nitrogens with zero attached hydrogens (tertiary/aromatic N) is 9. The molecule has 2 fully saturated rings. The summed E-state index contributed by atoms with van der Waals surface area (Å²) in [6, 6.07) is 0. The Labute approximate surface area is 282 Å². The van der Waals surface area contributed by atoms with Crippen LogP contribution in [0.15, 0.2) is 27.2 Å². The molecular formula is C29H48N12O8. The summed E-state index contributed by atoms with van der Waals surface area (Å²) < 4.78 is 24.5. The van der Waals surface area contributed by atoms with Crippen LogP contribution in [0.2, 0.25) is 0 Å². The van der Waals surface area contributed by atoms with Gasteiger partial charge in [-0.15, -0.1) is 0 Å². The fourth-order valence-electron chi connectivity index (χ4n) is 5.08. The number of aliphatic hydroxyl groups excluding tert-OH is 2. The van der Waals surface area contributed by atoms with Crippen molar-refractivity contribution < 1.29 is 29.2 Å². The minimum absolute atomic E-state index is 0. The highest BCUT2D eigenvalue weighted by molar-refractivity contribution is 5.71. The number of nitrogens with one attached hydrogen (secondary N) is 2. The first kappa shape index (κ1) is 39.1. The molecule has 49 heavy (non-hydrogen) atoms. The van der Waals surface area contributed by atoms with E-state index in [1.54, 1.807) is 34.6 Å². The van der Waals surface area contributed by atoms with Crippen molar-refractivity contribution in [2.45, 2.75) is 64.2 Å². The summed E-state index contributed by atoms with van der Waals surface area (Å²) in [7, 11) is 10.6. The smallest absolute Gasteiger partial charge is 0.280 e. The number of aromatic nitrogens is 8. The molecule has 2 aliphatic heterocycles. The van der Waals surface area contributed by atoms with Crippen LogP contribution in [0.25, 0.3) is 22.3 Å². The van der Waals surface area contributed by atoms with Crippen LogP contribution in [-0.2, 0) is 18.9 Å². The molecule has 6 N–H and O–H groups in total. The molecule has 20 nitrogen and oxygen atoms in total. The second-order valence-corrected chi connectivity index (χ2v) is 11.4. The van der Waals surface area contributed by atoms with Gasteiger partial charge in [0.15, 0.2) is 22.3 Å². The van der Waals surface area contributed by atoms with Gasteiger partial charge < -0.3 is 39.8 Å². The van der Waals surface area contributed by atoms with E-state index in [-0.39, 0.29) is 85.8 Å². The fraction of sp³-hybridized carbons (Fsp3) is 0.621. The molecule has 6 heterocycles. The number of aromatic amines is 2. The van der Waals surface area contributed by atoms with E-state index in [0.717, 1.165) is 25.7 Å². The maximum Gasteiger partial charge on any atom is 0.280 e. The maximum atomic E-state index is 12.1. The van der Waals surface area contributed by atoms with Crippen LogP contribution in [0.5, 0.6) is 0 Å². The molecule has 0 radical (unpaired) electrons. The monoisotopic (exact) mass is 692 g/mol. The minimum Gasteiger partial charge on any atom is -0.394 e. The van der Waals surface area contributed by atoms with Crippen molar-refractivity contribution in [2.75, 3.05) is 61.4 Å². The van der Waals surface area contributed by atoms with Gasteiger partial charge in [-0.05, 0) is 39.8 Å². The minimum atomic E-state index is -0.368. The molecule has 6 rings (SSSR count). The number of methoxy groups -OCH3 is 2. The summed E-state index contributed by atoms with van der Waals surface area (Å²) in [6.07, 6.45) is 6.49. The van der Waals surface area contributed by atoms with E-state index in [4.69, 9.17) is 34.9 Å². The van der Waals surface area contributed by atoms with Crippen LogP contribution in [0.4, 0.5) is 11.9 Å². The van der Waals surface area contributed by atoms with E-state index >= 15 is 0 Å². The molecule has 0 unspecified atom stereocenters. The van der Waals surface area contributed by atoms with Gasteiger partial charge in [0, 0.05) is 28.3 Å². The number of hydrogen-bond acceptors (Lipinski definition) is 15. The number of anilines is 1. The zero-order valence-corrected chi connectivity index (χ0v) is 27.8. The Morgan fingerprint density at radius 1 is 0.918 bits per heavy atom. The predicted octanol–water partition coefficient (Wildman–Crippen LogP) is 0.143. The van der Waals surface area contributed by atoms with E-state index in [9.17, 15) is 9.59 Å². The van der Waals surface area contributed by atoms with Gasteiger partial charge in [-0.25, -0.2) is 15.0 Å². The molecule has 4 aromatic rings.